The SMILES string of the molecule is C=CCNC(=O)C(=O)C(NS)SCC. The van der Waals surface area contributed by atoms with E-state index in [1.54, 1.807) is 0 Å². The van der Waals surface area contributed by atoms with Gasteiger partial charge in [0.2, 0.25) is 5.78 Å². The van der Waals surface area contributed by atoms with Gasteiger partial charge in [0.25, 0.3) is 5.91 Å². The molecule has 4 nitrogen and oxygen atoms in total. The van der Waals surface area contributed by atoms with Crippen molar-refractivity contribution >= 4 is 36.3 Å². The van der Waals surface area contributed by atoms with Crippen molar-refractivity contribution in [2.45, 2.75) is 12.3 Å². The summed E-state index contributed by atoms with van der Waals surface area (Å²) in [6.45, 7) is 5.62. The molecule has 0 radical (unpaired) electrons. The van der Waals surface area contributed by atoms with Gasteiger partial charge in [-0.25, -0.2) is 4.72 Å². The number of Topliss-reactive ketones (excluding diaryl/α,β-unsaturated/α-hetero) is 1. The van der Waals surface area contributed by atoms with Crippen LogP contribution in [0.2, 0.25) is 0 Å². The third-order valence-electron chi connectivity index (χ3n) is 1.32. The quantitative estimate of drug-likeness (QED) is 0.258. The number of hydrogen-bond acceptors (Lipinski definition) is 5. The van der Waals surface area contributed by atoms with Crippen molar-refractivity contribution < 1.29 is 9.59 Å². The van der Waals surface area contributed by atoms with Crippen LogP contribution in [0.4, 0.5) is 0 Å². The average Bonchev–Trinajstić information content (AvgIpc) is 2.21. The Morgan fingerprint density at radius 1 is 1.64 bits per heavy atom. The molecule has 0 heterocycles. The van der Waals surface area contributed by atoms with Gasteiger partial charge in [-0.15, -0.1) is 18.3 Å². The molecule has 2 N–H and O–H groups in total. The Morgan fingerprint density at radius 2 is 2.29 bits per heavy atom. The summed E-state index contributed by atoms with van der Waals surface area (Å²) in [4.78, 5) is 22.6. The van der Waals surface area contributed by atoms with Crippen LogP contribution >= 0.6 is 24.6 Å². The second-order valence-corrected chi connectivity index (χ2v) is 3.97. The zero-order valence-electron chi connectivity index (χ0n) is 7.95. The van der Waals surface area contributed by atoms with Gasteiger partial charge in [0, 0.05) is 6.54 Å². The summed E-state index contributed by atoms with van der Waals surface area (Å²) >= 11 is 5.11. The van der Waals surface area contributed by atoms with Crippen molar-refractivity contribution in [3.05, 3.63) is 12.7 Å². The van der Waals surface area contributed by atoms with Crippen LogP contribution in [0.5, 0.6) is 0 Å². The van der Waals surface area contributed by atoms with Crippen molar-refractivity contribution in [1.82, 2.24) is 10.0 Å². The van der Waals surface area contributed by atoms with Crippen LogP contribution in [-0.2, 0) is 9.59 Å². The van der Waals surface area contributed by atoms with Gasteiger partial charge in [-0.3, -0.25) is 9.59 Å². The number of thioether (sulfide) groups is 1. The smallest absolute Gasteiger partial charge is 0.290 e. The van der Waals surface area contributed by atoms with Crippen LogP contribution in [0.15, 0.2) is 12.7 Å². The normalized spacial score (nSPS) is 11.9. The number of thiol groups is 1. The molecular weight excluding hydrogens is 220 g/mol. The number of carbonyl (C=O) groups excluding carboxylic acids is 2. The minimum atomic E-state index is -0.614. The molecule has 0 aliphatic carbocycles. The maximum atomic E-state index is 11.4. The van der Waals surface area contributed by atoms with Gasteiger partial charge >= 0.3 is 0 Å². The largest absolute Gasteiger partial charge is 0.346 e. The minimum absolute atomic E-state index is 0.292. The van der Waals surface area contributed by atoms with E-state index >= 15 is 0 Å². The molecule has 0 spiro atoms. The summed E-state index contributed by atoms with van der Waals surface area (Å²) in [6.07, 6.45) is 1.52. The minimum Gasteiger partial charge on any atom is -0.346 e. The number of hydrogen-bond donors (Lipinski definition) is 3. The number of carbonyl (C=O) groups is 2. The Morgan fingerprint density at radius 3 is 2.71 bits per heavy atom. The van der Waals surface area contributed by atoms with E-state index in [0.717, 1.165) is 5.75 Å². The second-order valence-electron chi connectivity index (χ2n) is 2.33. The lowest BCUT2D eigenvalue weighted by Crippen LogP contribution is -2.41. The lowest BCUT2D eigenvalue weighted by molar-refractivity contribution is -0.137. The zero-order valence-corrected chi connectivity index (χ0v) is 9.66. The molecule has 0 aliphatic rings. The predicted molar refractivity (Wildman–Crippen MR) is 62.3 cm³/mol. The molecule has 0 aromatic carbocycles. The van der Waals surface area contributed by atoms with E-state index < -0.39 is 17.1 Å². The molecule has 0 aromatic heterocycles. The fraction of sp³-hybridized carbons (Fsp3) is 0.500. The van der Waals surface area contributed by atoms with Gasteiger partial charge in [0.1, 0.15) is 5.37 Å². The Bertz CT molecular complexity index is 221. The lowest BCUT2D eigenvalue weighted by Gasteiger charge is -2.11. The molecular formula is C8H14N2O2S2. The van der Waals surface area contributed by atoms with Crippen LogP contribution in [0.25, 0.3) is 0 Å². The molecule has 0 aliphatic heterocycles. The predicted octanol–water partition coefficient (Wildman–Crippen LogP) is 0.371. The van der Waals surface area contributed by atoms with E-state index in [2.05, 4.69) is 29.4 Å². The molecule has 0 rings (SSSR count). The van der Waals surface area contributed by atoms with E-state index in [-0.39, 0.29) is 0 Å². The number of amides is 1. The Labute approximate surface area is 93.4 Å². The van der Waals surface area contributed by atoms with Gasteiger partial charge in [-0.2, -0.15) is 0 Å². The monoisotopic (exact) mass is 234 g/mol. The second kappa shape index (κ2) is 7.90. The number of nitrogens with one attached hydrogen (secondary N) is 2. The summed E-state index contributed by atoms with van der Waals surface area (Å²) in [5.41, 5.74) is 0. The van der Waals surface area contributed by atoms with E-state index in [1.165, 1.54) is 17.8 Å². The van der Waals surface area contributed by atoms with Crippen molar-refractivity contribution in [2.24, 2.45) is 0 Å². The zero-order chi connectivity index (χ0) is 11.0. The first-order valence-electron chi connectivity index (χ1n) is 4.11. The molecule has 0 saturated carbocycles. The van der Waals surface area contributed by atoms with E-state index in [0.29, 0.717) is 6.54 Å². The maximum absolute atomic E-state index is 11.4. The standard InChI is InChI=1S/C8H14N2O2S2/c1-3-5-9-7(12)6(11)8(10-13)14-4-2/h3,8,10,13H,1,4-5H2,2H3,(H,9,12). The van der Waals surface area contributed by atoms with Gasteiger partial charge < -0.3 is 5.32 Å². The van der Waals surface area contributed by atoms with Crippen molar-refractivity contribution in [3.63, 3.8) is 0 Å². The van der Waals surface area contributed by atoms with Gasteiger partial charge in [-0.05, 0) is 5.75 Å². The lowest BCUT2D eigenvalue weighted by atomic mass is 10.3. The van der Waals surface area contributed by atoms with Gasteiger partial charge in [-0.1, -0.05) is 25.8 Å². The first kappa shape index (κ1) is 13.5. The van der Waals surface area contributed by atoms with Crippen LogP contribution in [0.3, 0.4) is 0 Å². The van der Waals surface area contributed by atoms with Crippen LogP contribution in [0.1, 0.15) is 6.92 Å². The number of rotatable bonds is 7. The molecule has 1 atom stereocenters. The highest BCUT2D eigenvalue weighted by Gasteiger charge is 2.23. The first-order valence-corrected chi connectivity index (χ1v) is 5.61. The first-order chi connectivity index (χ1) is 6.67. The molecule has 80 valence electrons. The summed E-state index contributed by atoms with van der Waals surface area (Å²) in [7, 11) is 0. The van der Waals surface area contributed by atoms with Crippen molar-refractivity contribution in [2.75, 3.05) is 12.3 Å². The Balaban J connectivity index is 4.12. The molecule has 0 fully saturated rings. The van der Waals surface area contributed by atoms with Crippen LogP contribution < -0.4 is 10.0 Å². The van der Waals surface area contributed by atoms with Gasteiger partial charge in [0.05, 0.1) is 0 Å². The molecule has 0 bridgehead atoms. The highest BCUT2D eigenvalue weighted by atomic mass is 32.2. The van der Waals surface area contributed by atoms with Crippen LogP contribution in [-0.4, -0.2) is 29.4 Å². The third-order valence-corrected chi connectivity index (χ3v) is 2.75. The summed E-state index contributed by atoms with van der Waals surface area (Å²) < 4.78 is 2.48. The highest BCUT2D eigenvalue weighted by Crippen LogP contribution is 2.08. The number of ketones is 1. The molecule has 6 heteroatoms. The molecule has 1 unspecified atom stereocenters. The average molecular weight is 234 g/mol. The molecule has 0 saturated heterocycles. The van der Waals surface area contributed by atoms with Crippen LogP contribution in [0, 0.1) is 0 Å². The fourth-order valence-electron chi connectivity index (χ4n) is 0.709. The van der Waals surface area contributed by atoms with E-state index in [1.807, 2.05) is 6.92 Å². The third kappa shape index (κ3) is 4.69. The summed E-state index contributed by atoms with van der Waals surface area (Å²) in [6, 6.07) is 0. The Hall–Kier alpha value is -0.460. The highest BCUT2D eigenvalue weighted by molar-refractivity contribution is 8.01. The van der Waals surface area contributed by atoms with Crippen molar-refractivity contribution in [1.29, 1.82) is 0 Å². The molecule has 14 heavy (non-hydrogen) atoms. The Kier molecular flexibility index (Phi) is 7.64. The topological polar surface area (TPSA) is 58.2 Å². The molecule has 1 amide bonds. The maximum Gasteiger partial charge on any atom is 0.290 e. The van der Waals surface area contributed by atoms with E-state index in [4.69, 9.17) is 0 Å². The fourth-order valence-corrected chi connectivity index (χ4v) is 1.72. The van der Waals surface area contributed by atoms with E-state index in [9.17, 15) is 9.59 Å². The van der Waals surface area contributed by atoms with Gasteiger partial charge in [0.15, 0.2) is 0 Å². The summed E-state index contributed by atoms with van der Waals surface area (Å²) in [5.74, 6) is -0.398. The van der Waals surface area contributed by atoms with Crippen molar-refractivity contribution in [3.8, 4) is 0 Å². The molecule has 0 aromatic rings. The summed E-state index contributed by atoms with van der Waals surface area (Å²) in [5, 5.41) is 1.82.